The summed E-state index contributed by atoms with van der Waals surface area (Å²) in [5.74, 6) is 0. The number of aromatic nitrogens is 2. The van der Waals surface area contributed by atoms with Crippen LogP contribution in [-0.2, 0) is 13.1 Å². The molecule has 4 heteroatoms. The van der Waals surface area contributed by atoms with E-state index in [1.54, 1.807) is 11.3 Å². The normalized spacial score (nSPS) is 12.9. The molecule has 0 saturated heterocycles. The highest BCUT2D eigenvalue weighted by Crippen LogP contribution is 2.18. The highest BCUT2D eigenvalue weighted by Gasteiger charge is 2.07. The summed E-state index contributed by atoms with van der Waals surface area (Å²) >= 11 is 1.79. The van der Waals surface area contributed by atoms with Gasteiger partial charge in [-0.3, -0.25) is 4.68 Å². The summed E-state index contributed by atoms with van der Waals surface area (Å²) in [6.07, 6.45) is 1.86. The Balaban J connectivity index is 1.92. The molecule has 0 aliphatic heterocycles. The van der Waals surface area contributed by atoms with Gasteiger partial charge in [0, 0.05) is 30.2 Å². The topological polar surface area (TPSA) is 29.9 Å². The number of hydrogen-bond acceptors (Lipinski definition) is 3. The molecule has 2 rings (SSSR count). The molecule has 0 aliphatic rings. The van der Waals surface area contributed by atoms with E-state index in [1.807, 2.05) is 10.9 Å². The van der Waals surface area contributed by atoms with E-state index < -0.39 is 0 Å². The highest BCUT2D eigenvalue weighted by molar-refractivity contribution is 7.10. The molecular weight excluding hydrogens is 218 g/mol. The third-order valence-electron chi connectivity index (χ3n) is 2.66. The fraction of sp³-hybridized carbons (Fsp3) is 0.417. The van der Waals surface area contributed by atoms with Gasteiger partial charge in [-0.2, -0.15) is 5.10 Å². The van der Waals surface area contributed by atoms with Gasteiger partial charge in [-0.15, -0.1) is 11.3 Å². The van der Waals surface area contributed by atoms with Gasteiger partial charge < -0.3 is 5.32 Å². The first kappa shape index (κ1) is 11.4. The van der Waals surface area contributed by atoms with E-state index in [1.165, 1.54) is 10.6 Å². The quantitative estimate of drug-likeness (QED) is 0.863. The lowest BCUT2D eigenvalue weighted by molar-refractivity contribution is 0.536. The molecule has 3 nitrogen and oxygen atoms in total. The predicted molar refractivity (Wildman–Crippen MR) is 67.5 cm³/mol. The van der Waals surface area contributed by atoms with E-state index in [9.17, 15) is 0 Å². The molecule has 0 radical (unpaired) electrons. The Hall–Kier alpha value is -1.13. The minimum absolute atomic E-state index is 0.403. The summed E-state index contributed by atoms with van der Waals surface area (Å²) in [5, 5.41) is 9.88. The molecule has 0 amide bonds. The SMILES string of the molecule is CCn1nccc1CN[C@@H](C)c1cccs1. The van der Waals surface area contributed by atoms with Crippen LogP contribution in [-0.4, -0.2) is 9.78 Å². The molecule has 0 bridgehead atoms. The van der Waals surface area contributed by atoms with Crippen LogP contribution in [0.15, 0.2) is 29.8 Å². The molecule has 16 heavy (non-hydrogen) atoms. The zero-order valence-corrected chi connectivity index (χ0v) is 10.5. The van der Waals surface area contributed by atoms with Gasteiger partial charge in [0.1, 0.15) is 0 Å². The summed E-state index contributed by atoms with van der Waals surface area (Å²) in [6, 6.07) is 6.73. The highest BCUT2D eigenvalue weighted by atomic mass is 32.1. The monoisotopic (exact) mass is 235 g/mol. The van der Waals surface area contributed by atoms with E-state index in [2.05, 4.69) is 47.8 Å². The van der Waals surface area contributed by atoms with Crippen LogP contribution in [0.5, 0.6) is 0 Å². The summed E-state index contributed by atoms with van der Waals surface area (Å²) in [6.45, 7) is 6.10. The first-order chi connectivity index (χ1) is 7.81. The summed E-state index contributed by atoms with van der Waals surface area (Å²) in [4.78, 5) is 1.38. The molecule has 86 valence electrons. The van der Waals surface area contributed by atoms with E-state index in [0.29, 0.717) is 6.04 Å². The average molecular weight is 235 g/mol. The lowest BCUT2D eigenvalue weighted by Gasteiger charge is -2.12. The van der Waals surface area contributed by atoms with Crippen LogP contribution in [0.25, 0.3) is 0 Å². The molecule has 0 aromatic carbocycles. The number of hydrogen-bond donors (Lipinski definition) is 1. The zero-order valence-electron chi connectivity index (χ0n) is 9.68. The summed E-state index contributed by atoms with van der Waals surface area (Å²) < 4.78 is 2.02. The standard InChI is InChI=1S/C12H17N3S/c1-3-15-11(6-7-14-15)9-13-10(2)12-5-4-8-16-12/h4-8,10,13H,3,9H2,1-2H3/t10-/m0/s1. The van der Waals surface area contributed by atoms with Crippen molar-refractivity contribution in [1.82, 2.24) is 15.1 Å². The lowest BCUT2D eigenvalue weighted by atomic mass is 10.2. The molecule has 0 saturated carbocycles. The fourth-order valence-corrected chi connectivity index (χ4v) is 2.45. The maximum absolute atomic E-state index is 4.25. The van der Waals surface area contributed by atoms with Crippen molar-refractivity contribution in [3.8, 4) is 0 Å². The van der Waals surface area contributed by atoms with Crippen molar-refractivity contribution in [3.05, 3.63) is 40.3 Å². The largest absolute Gasteiger partial charge is 0.304 e. The fourth-order valence-electron chi connectivity index (χ4n) is 1.69. The number of aryl methyl sites for hydroxylation is 1. The maximum atomic E-state index is 4.25. The Labute approximate surface area is 100 Å². The molecule has 2 aromatic heterocycles. The van der Waals surface area contributed by atoms with Gasteiger partial charge in [0.05, 0.1) is 5.69 Å². The summed E-state index contributed by atoms with van der Waals surface area (Å²) in [7, 11) is 0. The first-order valence-electron chi connectivity index (χ1n) is 5.58. The van der Waals surface area contributed by atoms with E-state index in [4.69, 9.17) is 0 Å². The Morgan fingerprint density at radius 1 is 1.50 bits per heavy atom. The Morgan fingerprint density at radius 3 is 3.06 bits per heavy atom. The second-order valence-corrected chi connectivity index (χ2v) is 4.74. The van der Waals surface area contributed by atoms with E-state index in [-0.39, 0.29) is 0 Å². The molecular formula is C12H17N3S. The van der Waals surface area contributed by atoms with Crippen LogP contribution in [0.1, 0.15) is 30.5 Å². The maximum Gasteiger partial charge on any atom is 0.0522 e. The van der Waals surface area contributed by atoms with Crippen LogP contribution in [0, 0.1) is 0 Å². The zero-order chi connectivity index (χ0) is 11.4. The molecule has 2 heterocycles. The number of nitrogens with one attached hydrogen (secondary N) is 1. The second kappa shape index (κ2) is 5.27. The third-order valence-corrected chi connectivity index (χ3v) is 3.72. The smallest absolute Gasteiger partial charge is 0.0522 e. The van der Waals surface area contributed by atoms with Crippen molar-refractivity contribution < 1.29 is 0 Å². The van der Waals surface area contributed by atoms with Crippen LogP contribution in [0.4, 0.5) is 0 Å². The first-order valence-corrected chi connectivity index (χ1v) is 6.46. The van der Waals surface area contributed by atoms with Gasteiger partial charge in [0.2, 0.25) is 0 Å². The van der Waals surface area contributed by atoms with Crippen molar-refractivity contribution in [3.63, 3.8) is 0 Å². The van der Waals surface area contributed by atoms with Gasteiger partial charge in [0.25, 0.3) is 0 Å². The van der Waals surface area contributed by atoms with Crippen molar-refractivity contribution in [1.29, 1.82) is 0 Å². The number of rotatable bonds is 5. The minimum atomic E-state index is 0.403. The lowest BCUT2D eigenvalue weighted by Crippen LogP contribution is -2.19. The molecule has 0 unspecified atom stereocenters. The minimum Gasteiger partial charge on any atom is -0.304 e. The van der Waals surface area contributed by atoms with Crippen molar-refractivity contribution in [2.75, 3.05) is 0 Å². The third kappa shape index (κ3) is 2.51. The van der Waals surface area contributed by atoms with Crippen molar-refractivity contribution in [2.45, 2.75) is 33.0 Å². The van der Waals surface area contributed by atoms with E-state index in [0.717, 1.165) is 13.1 Å². The van der Waals surface area contributed by atoms with Gasteiger partial charge in [0.15, 0.2) is 0 Å². The van der Waals surface area contributed by atoms with Gasteiger partial charge in [-0.05, 0) is 31.4 Å². The van der Waals surface area contributed by atoms with Crippen LogP contribution >= 0.6 is 11.3 Å². The Bertz CT molecular complexity index is 419. The Morgan fingerprint density at radius 2 is 2.38 bits per heavy atom. The number of nitrogens with zero attached hydrogens (tertiary/aromatic N) is 2. The van der Waals surface area contributed by atoms with Crippen molar-refractivity contribution in [2.24, 2.45) is 0 Å². The van der Waals surface area contributed by atoms with E-state index >= 15 is 0 Å². The van der Waals surface area contributed by atoms with Crippen LogP contribution < -0.4 is 5.32 Å². The molecule has 0 aliphatic carbocycles. The molecule has 2 aromatic rings. The number of thiophene rings is 1. The van der Waals surface area contributed by atoms with Crippen LogP contribution in [0.2, 0.25) is 0 Å². The van der Waals surface area contributed by atoms with Crippen molar-refractivity contribution >= 4 is 11.3 Å². The summed E-state index contributed by atoms with van der Waals surface area (Å²) in [5.41, 5.74) is 1.24. The van der Waals surface area contributed by atoms with Crippen LogP contribution in [0.3, 0.4) is 0 Å². The predicted octanol–water partition coefficient (Wildman–Crippen LogP) is 2.82. The molecule has 0 spiro atoms. The second-order valence-electron chi connectivity index (χ2n) is 3.76. The molecule has 1 atom stereocenters. The van der Waals surface area contributed by atoms with Gasteiger partial charge in [-0.1, -0.05) is 6.07 Å². The van der Waals surface area contributed by atoms with Gasteiger partial charge in [-0.25, -0.2) is 0 Å². The average Bonchev–Trinajstić information content (AvgIpc) is 2.96. The van der Waals surface area contributed by atoms with Gasteiger partial charge >= 0.3 is 0 Å². The molecule has 1 N–H and O–H groups in total. The Kier molecular flexibility index (Phi) is 3.74. The molecule has 0 fully saturated rings.